The molecule has 2 unspecified atom stereocenters. The number of nitrogens with two attached hydrogens (primary N) is 1. The van der Waals surface area contributed by atoms with E-state index in [1.165, 1.54) is 0 Å². The van der Waals surface area contributed by atoms with E-state index in [0.29, 0.717) is 24.1 Å². The maximum absolute atomic E-state index is 12.3. The van der Waals surface area contributed by atoms with Gasteiger partial charge in [0.2, 0.25) is 0 Å². The van der Waals surface area contributed by atoms with Crippen LogP contribution in [0.25, 0.3) is 0 Å². The van der Waals surface area contributed by atoms with Crippen molar-refractivity contribution in [2.45, 2.75) is 37.5 Å². The maximum Gasteiger partial charge on any atom is 0.405 e. The Morgan fingerprint density at radius 1 is 1.38 bits per heavy atom. The number of hydrogen-bond donors (Lipinski definition) is 1. The predicted molar refractivity (Wildman–Crippen MR) is 39.6 cm³/mol. The van der Waals surface area contributed by atoms with E-state index in [-0.39, 0.29) is 6.42 Å². The lowest BCUT2D eigenvalue weighted by Gasteiger charge is -2.36. The number of nitrogens with zero attached hydrogens (tertiary/aromatic N) is 1. The number of aldehydes is 1. The molecule has 3 nitrogen and oxygen atoms in total. The zero-order chi connectivity index (χ0) is 10.1. The fourth-order valence-corrected chi connectivity index (χ4v) is 1.52. The largest absolute Gasteiger partial charge is 0.405 e. The van der Waals surface area contributed by atoms with E-state index in [9.17, 15) is 18.0 Å². The number of rotatable bonds is 1. The van der Waals surface area contributed by atoms with Gasteiger partial charge in [-0.15, -0.1) is 0 Å². The number of hydrazine groups is 1. The molecule has 13 heavy (non-hydrogen) atoms. The molecule has 1 fully saturated rings. The van der Waals surface area contributed by atoms with Crippen LogP contribution in [0.2, 0.25) is 0 Å². The minimum Gasteiger partial charge on any atom is -0.302 e. The molecule has 0 amide bonds. The summed E-state index contributed by atoms with van der Waals surface area (Å²) < 4.78 is 36.8. The summed E-state index contributed by atoms with van der Waals surface area (Å²) in [6, 6.07) is -2.46. The van der Waals surface area contributed by atoms with Crippen molar-refractivity contribution >= 4 is 6.29 Å². The molecular weight excluding hydrogens is 185 g/mol. The molecular formula is C7H11F3N2O. The SMILES string of the molecule is NN1C(C=O)CCCC1C(F)(F)F. The Kier molecular flexibility index (Phi) is 2.92. The van der Waals surface area contributed by atoms with E-state index < -0.39 is 18.3 Å². The topological polar surface area (TPSA) is 46.3 Å². The molecule has 6 heteroatoms. The highest BCUT2D eigenvalue weighted by Gasteiger charge is 2.46. The van der Waals surface area contributed by atoms with Gasteiger partial charge in [-0.3, -0.25) is 5.84 Å². The molecule has 2 atom stereocenters. The monoisotopic (exact) mass is 196 g/mol. The van der Waals surface area contributed by atoms with Crippen molar-refractivity contribution in [3.05, 3.63) is 0 Å². The number of carbonyl (C=O) groups excluding carboxylic acids is 1. The van der Waals surface area contributed by atoms with E-state index in [4.69, 9.17) is 5.84 Å². The Morgan fingerprint density at radius 2 is 2.00 bits per heavy atom. The van der Waals surface area contributed by atoms with Crippen molar-refractivity contribution in [2.75, 3.05) is 0 Å². The van der Waals surface area contributed by atoms with Gasteiger partial charge in [0, 0.05) is 0 Å². The van der Waals surface area contributed by atoms with Crippen LogP contribution in [0.1, 0.15) is 19.3 Å². The third-order valence-electron chi connectivity index (χ3n) is 2.26. The Morgan fingerprint density at radius 3 is 2.46 bits per heavy atom. The first-order valence-corrected chi connectivity index (χ1v) is 4.02. The van der Waals surface area contributed by atoms with Gasteiger partial charge < -0.3 is 4.79 Å². The highest BCUT2D eigenvalue weighted by atomic mass is 19.4. The van der Waals surface area contributed by atoms with Gasteiger partial charge >= 0.3 is 6.18 Å². The van der Waals surface area contributed by atoms with Gasteiger partial charge in [-0.05, 0) is 19.3 Å². The summed E-state index contributed by atoms with van der Waals surface area (Å²) in [5.74, 6) is 5.20. The molecule has 0 radical (unpaired) electrons. The highest BCUT2D eigenvalue weighted by molar-refractivity contribution is 5.57. The van der Waals surface area contributed by atoms with Crippen molar-refractivity contribution in [1.29, 1.82) is 0 Å². The maximum atomic E-state index is 12.3. The summed E-state index contributed by atoms with van der Waals surface area (Å²) in [5, 5.41) is 0.622. The fourth-order valence-electron chi connectivity index (χ4n) is 1.52. The van der Waals surface area contributed by atoms with E-state index in [1.54, 1.807) is 0 Å². The molecule has 0 aliphatic carbocycles. The molecule has 1 aliphatic rings. The Labute approximate surface area is 73.7 Å². The van der Waals surface area contributed by atoms with Gasteiger partial charge in [0.15, 0.2) is 0 Å². The summed E-state index contributed by atoms with van der Waals surface area (Å²) in [5.41, 5.74) is 0. The lowest BCUT2D eigenvalue weighted by Crippen LogP contribution is -2.57. The molecule has 1 saturated heterocycles. The average Bonchev–Trinajstić information content (AvgIpc) is 2.02. The second-order valence-electron chi connectivity index (χ2n) is 3.14. The van der Waals surface area contributed by atoms with Crippen molar-refractivity contribution in [3.8, 4) is 0 Å². The van der Waals surface area contributed by atoms with Crippen LogP contribution >= 0.6 is 0 Å². The third kappa shape index (κ3) is 2.19. The molecule has 0 spiro atoms. The van der Waals surface area contributed by atoms with Gasteiger partial charge in [0.05, 0.1) is 6.04 Å². The van der Waals surface area contributed by atoms with Crippen LogP contribution in [0.3, 0.4) is 0 Å². The molecule has 2 N–H and O–H groups in total. The number of alkyl halides is 3. The molecule has 1 rings (SSSR count). The van der Waals surface area contributed by atoms with Crippen LogP contribution in [-0.2, 0) is 4.79 Å². The van der Waals surface area contributed by atoms with Crippen molar-refractivity contribution in [3.63, 3.8) is 0 Å². The number of carbonyl (C=O) groups is 1. The number of piperidine rings is 1. The first-order valence-electron chi connectivity index (χ1n) is 4.02. The van der Waals surface area contributed by atoms with Crippen LogP contribution in [0.5, 0.6) is 0 Å². The second kappa shape index (κ2) is 3.63. The van der Waals surface area contributed by atoms with Crippen LogP contribution in [0.15, 0.2) is 0 Å². The predicted octanol–water partition coefficient (Wildman–Crippen LogP) is 0.844. The second-order valence-corrected chi connectivity index (χ2v) is 3.14. The van der Waals surface area contributed by atoms with E-state index in [1.807, 2.05) is 0 Å². The van der Waals surface area contributed by atoms with Gasteiger partial charge in [-0.1, -0.05) is 0 Å². The molecule has 0 saturated carbocycles. The number of halogens is 3. The average molecular weight is 196 g/mol. The van der Waals surface area contributed by atoms with E-state index in [2.05, 4.69) is 0 Å². The quantitative estimate of drug-likeness (QED) is 0.499. The smallest absolute Gasteiger partial charge is 0.302 e. The molecule has 0 aromatic rings. The summed E-state index contributed by atoms with van der Waals surface area (Å²) in [7, 11) is 0. The highest BCUT2D eigenvalue weighted by Crippen LogP contribution is 2.31. The lowest BCUT2D eigenvalue weighted by molar-refractivity contribution is -0.198. The first-order chi connectivity index (χ1) is 5.96. The van der Waals surface area contributed by atoms with Gasteiger partial charge in [0.1, 0.15) is 12.3 Å². The minimum atomic E-state index is -4.34. The Hall–Kier alpha value is -0.620. The Bertz CT molecular complexity index is 195. The summed E-state index contributed by atoms with van der Waals surface area (Å²) in [6.07, 6.45) is -3.09. The van der Waals surface area contributed by atoms with E-state index >= 15 is 0 Å². The molecule has 76 valence electrons. The molecule has 1 heterocycles. The number of hydrogen-bond acceptors (Lipinski definition) is 3. The minimum absolute atomic E-state index is 0.0235. The fraction of sp³-hybridized carbons (Fsp3) is 0.857. The van der Waals surface area contributed by atoms with Crippen molar-refractivity contribution in [1.82, 2.24) is 5.01 Å². The van der Waals surface area contributed by atoms with Crippen molar-refractivity contribution < 1.29 is 18.0 Å². The van der Waals surface area contributed by atoms with Crippen LogP contribution in [0.4, 0.5) is 13.2 Å². The zero-order valence-electron chi connectivity index (χ0n) is 6.92. The summed E-state index contributed by atoms with van der Waals surface area (Å²) in [6.45, 7) is 0. The van der Waals surface area contributed by atoms with Gasteiger partial charge in [-0.25, -0.2) is 5.01 Å². The summed E-state index contributed by atoms with van der Waals surface area (Å²) in [4.78, 5) is 10.4. The van der Waals surface area contributed by atoms with Crippen LogP contribution in [0, 0.1) is 0 Å². The third-order valence-corrected chi connectivity index (χ3v) is 2.26. The Balaban J connectivity index is 2.70. The first kappa shape index (κ1) is 10.5. The summed E-state index contributed by atoms with van der Waals surface area (Å²) >= 11 is 0. The standard InChI is InChI=1S/C7H11F3N2O/c8-7(9,10)6-3-1-2-5(4-13)12(6)11/h4-6H,1-3,11H2. The lowest BCUT2D eigenvalue weighted by atomic mass is 9.98. The zero-order valence-corrected chi connectivity index (χ0v) is 6.92. The van der Waals surface area contributed by atoms with Crippen molar-refractivity contribution in [2.24, 2.45) is 5.84 Å². The van der Waals surface area contributed by atoms with Gasteiger partial charge in [-0.2, -0.15) is 13.2 Å². The van der Waals surface area contributed by atoms with Crippen LogP contribution in [-0.4, -0.2) is 29.6 Å². The normalized spacial score (nSPS) is 31.7. The van der Waals surface area contributed by atoms with Gasteiger partial charge in [0.25, 0.3) is 0 Å². The van der Waals surface area contributed by atoms with E-state index in [0.717, 1.165) is 0 Å². The molecule has 0 bridgehead atoms. The molecule has 0 aromatic carbocycles. The van der Waals surface area contributed by atoms with Crippen LogP contribution < -0.4 is 5.84 Å². The molecule has 1 aliphatic heterocycles. The molecule has 0 aromatic heterocycles.